The Morgan fingerprint density at radius 1 is 0.964 bits per heavy atom. The van der Waals surface area contributed by atoms with Crippen molar-refractivity contribution in [3.63, 3.8) is 0 Å². The summed E-state index contributed by atoms with van der Waals surface area (Å²) in [5.74, 6) is 0.0597. The van der Waals surface area contributed by atoms with Gasteiger partial charge in [-0.2, -0.15) is 0 Å². The van der Waals surface area contributed by atoms with E-state index in [4.69, 9.17) is 0 Å². The number of aryl methyl sites for hydroxylation is 1. The molecule has 0 bridgehead atoms. The Bertz CT molecular complexity index is 842. The molecule has 1 fully saturated rings. The second kappa shape index (κ2) is 8.17. The fourth-order valence-electron chi connectivity index (χ4n) is 3.63. The number of amides is 2. The molecular weight excluding hydrogens is 348 g/mol. The van der Waals surface area contributed by atoms with Gasteiger partial charge in [0.15, 0.2) is 0 Å². The summed E-state index contributed by atoms with van der Waals surface area (Å²) in [4.78, 5) is 27.2. The Hall–Kier alpha value is -2.62. The summed E-state index contributed by atoms with van der Waals surface area (Å²) in [5, 5.41) is 3.03. The molecule has 1 aliphatic rings. The maximum atomic E-state index is 12.7. The number of benzene rings is 2. The minimum atomic E-state index is -0.0526. The van der Waals surface area contributed by atoms with E-state index < -0.39 is 0 Å². The third-order valence-corrected chi connectivity index (χ3v) is 5.55. The normalized spacial score (nSPS) is 15.4. The van der Waals surface area contributed by atoms with Gasteiger partial charge in [0, 0.05) is 30.3 Å². The van der Waals surface area contributed by atoms with Crippen molar-refractivity contribution in [3.05, 3.63) is 65.2 Å². The van der Waals surface area contributed by atoms with Crippen LogP contribution in [0.2, 0.25) is 0 Å². The van der Waals surface area contributed by atoms with Gasteiger partial charge in [0.25, 0.3) is 5.91 Å². The Labute approximate surface area is 167 Å². The number of piperidine rings is 1. The van der Waals surface area contributed by atoms with Crippen molar-refractivity contribution in [3.8, 4) is 0 Å². The molecule has 0 aliphatic carbocycles. The first-order valence-corrected chi connectivity index (χ1v) is 10.0. The highest BCUT2D eigenvalue weighted by molar-refractivity contribution is 5.96. The van der Waals surface area contributed by atoms with Crippen LogP contribution in [0.15, 0.2) is 48.5 Å². The van der Waals surface area contributed by atoms with Crippen molar-refractivity contribution < 1.29 is 9.59 Å². The molecule has 0 radical (unpaired) electrons. The van der Waals surface area contributed by atoms with Gasteiger partial charge in [-0.05, 0) is 54.5 Å². The summed E-state index contributed by atoms with van der Waals surface area (Å²) in [6.07, 6.45) is 1.40. The second-order valence-corrected chi connectivity index (χ2v) is 8.70. The first kappa shape index (κ1) is 20.1. The fourth-order valence-corrected chi connectivity index (χ4v) is 3.63. The van der Waals surface area contributed by atoms with Crippen LogP contribution >= 0.6 is 0 Å². The molecular formula is C24H30N2O2. The molecule has 0 spiro atoms. The van der Waals surface area contributed by atoms with Gasteiger partial charge in [0.1, 0.15) is 0 Å². The lowest BCUT2D eigenvalue weighted by Gasteiger charge is -2.31. The number of likely N-dealkylation sites (tertiary alicyclic amines) is 1. The van der Waals surface area contributed by atoms with Crippen molar-refractivity contribution in [2.45, 2.75) is 46.0 Å². The molecule has 1 N–H and O–H groups in total. The van der Waals surface area contributed by atoms with Crippen molar-refractivity contribution in [1.29, 1.82) is 0 Å². The lowest BCUT2D eigenvalue weighted by atomic mass is 9.87. The van der Waals surface area contributed by atoms with Gasteiger partial charge in [-0.1, -0.05) is 51.1 Å². The fraction of sp³-hybridized carbons (Fsp3) is 0.417. The molecule has 1 heterocycles. The van der Waals surface area contributed by atoms with Gasteiger partial charge in [-0.25, -0.2) is 0 Å². The van der Waals surface area contributed by atoms with E-state index in [1.165, 1.54) is 5.56 Å². The molecule has 4 nitrogen and oxygen atoms in total. The van der Waals surface area contributed by atoms with E-state index in [-0.39, 0.29) is 23.1 Å². The highest BCUT2D eigenvalue weighted by atomic mass is 16.2. The standard InChI is InChI=1S/C24H30N2O2/c1-17-7-5-6-8-21(17)23(28)26-15-13-18(14-16-26)22(27)25-20-11-9-19(10-12-20)24(2,3)4/h5-12,18H,13-16H2,1-4H3,(H,25,27). The molecule has 148 valence electrons. The topological polar surface area (TPSA) is 49.4 Å². The number of hydrogen-bond donors (Lipinski definition) is 1. The zero-order valence-electron chi connectivity index (χ0n) is 17.3. The number of carbonyl (C=O) groups excluding carboxylic acids is 2. The number of rotatable bonds is 3. The van der Waals surface area contributed by atoms with Crippen LogP contribution in [-0.2, 0) is 10.2 Å². The summed E-state index contributed by atoms with van der Waals surface area (Å²) in [6, 6.07) is 15.7. The smallest absolute Gasteiger partial charge is 0.254 e. The van der Waals surface area contributed by atoms with Gasteiger partial charge < -0.3 is 10.2 Å². The van der Waals surface area contributed by atoms with E-state index in [9.17, 15) is 9.59 Å². The van der Waals surface area contributed by atoms with Crippen LogP contribution in [0.1, 0.15) is 55.1 Å². The third-order valence-electron chi connectivity index (χ3n) is 5.55. The molecule has 0 aromatic heterocycles. The van der Waals surface area contributed by atoms with Crippen molar-refractivity contribution in [1.82, 2.24) is 4.90 Å². The van der Waals surface area contributed by atoms with Crippen LogP contribution in [0.25, 0.3) is 0 Å². The Morgan fingerprint density at radius 2 is 1.57 bits per heavy atom. The summed E-state index contributed by atoms with van der Waals surface area (Å²) in [6.45, 7) is 9.71. The van der Waals surface area contributed by atoms with Gasteiger partial charge >= 0.3 is 0 Å². The maximum absolute atomic E-state index is 12.7. The number of nitrogens with zero attached hydrogens (tertiary/aromatic N) is 1. The Kier molecular flexibility index (Phi) is 5.87. The average molecular weight is 379 g/mol. The molecule has 1 aliphatic heterocycles. The van der Waals surface area contributed by atoms with Gasteiger partial charge in [-0.15, -0.1) is 0 Å². The van der Waals surface area contributed by atoms with Crippen LogP contribution in [0.5, 0.6) is 0 Å². The van der Waals surface area contributed by atoms with Crippen LogP contribution in [0.4, 0.5) is 5.69 Å². The molecule has 1 saturated heterocycles. The Morgan fingerprint density at radius 3 is 2.14 bits per heavy atom. The predicted molar refractivity (Wildman–Crippen MR) is 114 cm³/mol. The first-order chi connectivity index (χ1) is 13.3. The molecule has 2 aromatic rings. The average Bonchev–Trinajstić information content (AvgIpc) is 2.67. The SMILES string of the molecule is Cc1ccccc1C(=O)N1CCC(C(=O)Nc2ccc(C(C)(C)C)cc2)CC1. The van der Waals surface area contributed by atoms with Gasteiger partial charge in [0.05, 0.1) is 0 Å². The van der Waals surface area contributed by atoms with Crippen LogP contribution in [-0.4, -0.2) is 29.8 Å². The second-order valence-electron chi connectivity index (χ2n) is 8.70. The highest BCUT2D eigenvalue weighted by Gasteiger charge is 2.28. The lowest BCUT2D eigenvalue weighted by molar-refractivity contribution is -0.121. The minimum Gasteiger partial charge on any atom is -0.339 e. The van der Waals surface area contributed by atoms with Crippen LogP contribution in [0.3, 0.4) is 0 Å². The summed E-state index contributed by atoms with van der Waals surface area (Å²) in [5.41, 5.74) is 3.92. The molecule has 0 atom stereocenters. The zero-order valence-corrected chi connectivity index (χ0v) is 17.3. The summed E-state index contributed by atoms with van der Waals surface area (Å²) >= 11 is 0. The number of anilines is 1. The minimum absolute atomic E-state index is 0.0477. The van der Waals surface area contributed by atoms with E-state index >= 15 is 0 Å². The van der Waals surface area contributed by atoms with Gasteiger partial charge in [-0.3, -0.25) is 9.59 Å². The highest BCUT2D eigenvalue weighted by Crippen LogP contribution is 2.25. The molecule has 3 rings (SSSR count). The van der Waals surface area contributed by atoms with Gasteiger partial charge in [0.2, 0.25) is 5.91 Å². The quantitative estimate of drug-likeness (QED) is 0.835. The van der Waals surface area contributed by atoms with Crippen molar-refractivity contribution >= 4 is 17.5 Å². The summed E-state index contributed by atoms with van der Waals surface area (Å²) < 4.78 is 0. The first-order valence-electron chi connectivity index (χ1n) is 10.0. The lowest BCUT2D eigenvalue weighted by Crippen LogP contribution is -2.41. The number of nitrogens with one attached hydrogen (secondary N) is 1. The van der Waals surface area contributed by atoms with E-state index in [0.717, 1.165) is 16.8 Å². The number of hydrogen-bond acceptors (Lipinski definition) is 2. The summed E-state index contributed by atoms with van der Waals surface area (Å²) in [7, 11) is 0. The molecule has 2 amide bonds. The van der Waals surface area contributed by atoms with E-state index in [0.29, 0.717) is 25.9 Å². The van der Waals surface area contributed by atoms with Crippen LogP contribution in [0, 0.1) is 12.8 Å². The monoisotopic (exact) mass is 378 g/mol. The van der Waals surface area contributed by atoms with E-state index in [1.54, 1.807) is 0 Å². The van der Waals surface area contributed by atoms with E-state index in [1.807, 2.05) is 48.2 Å². The Balaban J connectivity index is 1.55. The largest absolute Gasteiger partial charge is 0.339 e. The molecule has 2 aromatic carbocycles. The molecule has 28 heavy (non-hydrogen) atoms. The molecule has 4 heteroatoms. The van der Waals surface area contributed by atoms with Crippen molar-refractivity contribution in [2.75, 3.05) is 18.4 Å². The van der Waals surface area contributed by atoms with E-state index in [2.05, 4.69) is 38.2 Å². The van der Waals surface area contributed by atoms with Crippen molar-refractivity contribution in [2.24, 2.45) is 5.92 Å². The zero-order chi connectivity index (χ0) is 20.3. The predicted octanol–water partition coefficient (Wildman–Crippen LogP) is 4.78. The molecule has 0 unspecified atom stereocenters. The molecule has 0 saturated carbocycles. The maximum Gasteiger partial charge on any atom is 0.254 e. The number of carbonyl (C=O) groups is 2. The van der Waals surface area contributed by atoms with Crippen LogP contribution < -0.4 is 5.32 Å². The third kappa shape index (κ3) is 4.61.